The third-order valence-corrected chi connectivity index (χ3v) is 2.35. The zero-order valence-corrected chi connectivity index (χ0v) is 10.5. The molecule has 0 bridgehead atoms. The van der Waals surface area contributed by atoms with Gasteiger partial charge in [0.25, 0.3) is 0 Å². The molecule has 0 saturated carbocycles. The summed E-state index contributed by atoms with van der Waals surface area (Å²) >= 11 is 0. The lowest BCUT2D eigenvalue weighted by Crippen LogP contribution is -2.10. The van der Waals surface area contributed by atoms with Crippen LogP contribution in [0.3, 0.4) is 0 Å². The van der Waals surface area contributed by atoms with Crippen LogP contribution in [0.4, 0.5) is 0 Å². The van der Waals surface area contributed by atoms with E-state index in [0.717, 1.165) is 29.0 Å². The molecule has 1 rings (SSSR count). The Labute approximate surface area is 97.6 Å². The summed E-state index contributed by atoms with van der Waals surface area (Å²) < 4.78 is 11.1. The monoisotopic (exact) mass is 223 g/mol. The van der Waals surface area contributed by atoms with Gasteiger partial charge in [-0.05, 0) is 57.0 Å². The minimum Gasteiger partial charge on any atom is -0.496 e. The number of aryl methyl sites for hydroxylation is 1. The molecule has 0 unspecified atom stereocenters. The Morgan fingerprint density at radius 3 is 2.44 bits per heavy atom. The fraction of sp³-hybridized carbons (Fsp3) is 0.538. The van der Waals surface area contributed by atoms with Gasteiger partial charge in [0.05, 0.1) is 13.2 Å². The molecule has 0 radical (unpaired) electrons. The second-order valence-corrected chi connectivity index (χ2v) is 4.13. The second kappa shape index (κ2) is 5.75. The molecule has 0 aliphatic rings. The van der Waals surface area contributed by atoms with Crippen molar-refractivity contribution in [2.24, 2.45) is 5.73 Å². The van der Waals surface area contributed by atoms with E-state index in [1.165, 1.54) is 0 Å². The van der Waals surface area contributed by atoms with Crippen molar-refractivity contribution in [3.8, 4) is 11.5 Å². The van der Waals surface area contributed by atoms with Crippen LogP contribution in [0.15, 0.2) is 12.1 Å². The van der Waals surface area contributed by atoms with E-state index in [4.69, 9.17) is 15.2 Å². The van der Waals surface area contributed by atoms with E-state index in [1.54, 1.807) is 7.11 Å². The Morgan fingerprint density at radius 2 is 1.94 bits per heavy atom. The lowest BCUT2D eigenvalue weighted by molar-refractivity contribution is 0.239. The first-order valence-corrected chi connectivity index (χ1v) is 5.62. The summed E-state index contributed by atoms with van der Waals surface area (Å²) in [5.74, 6) is 1.80. The zero-order valence-electron chi connectivity index (χ0n) is 10.5. The molecule has 0 aromatic heterocycles. The molecule has 16 heavy (non-hydrogen) atoms. The maximum Gasteiger partial charge on any atom is 0.123 e. The number of hydrogen-bond acceptors (Lipinski definition) is 3. The maximum absolute atomic E-state index is 5.77. The Hall–Kier alpha value is -1.22. The molecule has 0 fully saturated rings. The van der Waals surface area contributed by atoms with Crippen LogP contribution < -0.4 is 15.2 Å². The second-order valence-electron chi connectivity index (χ2n) is 4.13. The molecular formula is C13H21NO2. The topological polar surface area (TPSA) is 44.5 Å². The van der Waals surface area contributed by atoms with Gasteiger partial charge in [-0.3, -0.25) is 0 Å². The van der Waals surface area contributed by atoms with E-state index >= 15 is 0 Å². The van der Waals surface area contributed by atoms with Gasteiger partial charge in [-0.15, -0.1) is 0 Å². The minimum atomic E-state index is 0.171. The summed E-state index contributed by atoms with van der Waals surface area (Å²) in [6, 6.07) is 4.03. The first kappa shape index (κ1) is 12.8. The van der Waals surface area contributed by atoms with Crippen molar-refractivity contribution in [1.29, 1.82) is 0 Å². The Bertz CT molecular complexity index is 348. The lowest BCUT2D eigenvalue weighted by Gasteiger charge is -2.16. The lowest BCUT2D eigenvalue weighted by atomic mass is 10.1. The Kier molecular flexibility index (Phi) is 4.62. The summed E-state index contributed by atoms with van der Waals surface area (Å²) in [6.45, 7) is 6.66. The zero-order chi connectivity index (χ0) is 12.1. The quantitative estimate of drug-likeness (QED) is 0.833. The van der Waals surface area contributed by atoms with Crippen molar-refractivity contribution < 1.29 is 9.47 Å². The van der Waals surface area contributed by atoms with Crippen molar-refractivity contribution in [2.45, 2.75) is 33.3 Å². The number of nitrogens with two attached hydrogens (primary N) is 1. The molecule has 3 heteroatoms. The van der Waals surface area contributed by atoms with Crippen LogP contribution in [0.2, 0.25) is 0 Å². The van der Waals surface area contributed by atoms with Gasteiger partial charge in [-0.1, -0.05) is 0 Å². The minimum absolute atomic E-state index is 0.171. The molecule has 0 aliphatic carbocycles. The molecule has 1 aromatic rings. The highest BCUT2D eigenvalue weighted by molar-refractivity contribution is 5.46. The molecule has 2 N–H and O–H groups in total. The molecule has 0 amide bonds. The average Bonchev–Trinajstić information content (AvgIpc) is 2.21. The van der Waals surface area contributed by atoms with Crippen LogP contribution in [0.5, 0.6) is 11.5 Å². The first-order chi connectivity index (χ1) is 7.58. The maximum atomic E-state index is 5.77. The van der Waals surface area contributed by atoms with Gasteiger partial charge in [0.15, 0.2) is 0 Å². The third-order valence-electron chi connectivity index (χ3n) is 2.35. The summed E-state index contributed by atoms with van der Waals surface area (Å²) in [5.41, 5.74) is 7.79. The third kappa shape index (κ3) is 3.14. The van der Waals surface area contributed by atoms with Gasteiger partial charge in [-0.2, -0.15) is 0 Å². The van der Waals surface area contributed by atoms with Crippen molar-refractivity contribution >= 4 is 0 Å². The van der Waals surface area contributed by atoms with E-state index in [9.17, 15) is 0 Å². The van der Waals surface area contributed by atoms with E-state index < -0.39 is 0 Å². The number of rotatable bonds is 5. The van der Waals surface area contributed by atoms with Crippen LogP contribution in [-0.2, 0) is 6.42 Å². The number of benzene rings is 1. The Balaban J connectivity index is 3.08. The highest BCUT2D eigenvalue weighted by Gasteiger charge is 2.09. The molecule has 3 nitrogen and oxygen atoms in total. The standard InChI is InChI=1S/C13H21NO2/c1-9(2)16-13-7-10(3)12(15-4)8-11(13)5-6-14/h7-9H,5-6,14H2,1-4H3. The molecule has 0 saturated heterocycles. The fourth-order valence-electron chi connectivity index (χ4n) is 1.64. The van der Waals surface area contributed by atoms with E-state index in [0.29, 0.717) is 6.54 Å². The molecule has 0 spiro atoms. The van der Waals surface area contributed by atoms with Gasteiger partial charge in [0.2, 0.25) is 0 Å². The largest absolute Gasteiger partial charge is 0.496 e. The van der Waals surface area contributed by atoms with Gasteiger partial charge in [0, 0.05) is 0 Å². The summed E-state index contributed by atoms with van der Waals surface area (Å²) in [7, 11) is 1.68. The number of hydrogen-bond donors (Lipinski definition) is 1. The summed E-state index contributed by atoms with van der Waals surface area (Å²) in [5, 5.41) is 0. The normalized spacial score (nSPS) is 10.6. The van der Waals surface area contributed by atoms with Crippen molar-refractivity contribution in [2.75, 3.05) is 13.7 Å². The molecular weight excluding hydrogens is 202 g/mol. The van der Waals surface area contributed by atoms with Crippen molar-refractivity contribution in [1.82, 2.24) is 0 Å². The van der Waals surface area contributed by atoms with Crippen LogP contribution in [-0.4, -0.2) is 19.8 Å². The molecule has 0 heterocycles. The van der Waals surface area contributed by atoms with Gasteiger partial charge in [0.1, 0.15) is 11.5 Å². The molecule has 0 atom stereocenters. The molecule has 0 aliphatic heterocycles. The predicted molar refractivity (Wildman–Crippen MR) is 66.3 cm³/mol. The highest BCUT2D eigenvalue weighted by atomic mass is 16.5. The molecule has 1 aromatic carbocycles. The van der Waals surface area contributed by atoms with Gasteiger partial charge < -0.3 is 15.2 Å². The van der Waals surface area contributed by atoms with Crippen LogP contribution >= 0.6 is 0 Å². The SMILES string of the molecule is COc1cc(CCN)c(OC(C)C)cc1C. The Morgan fingerprint density at radius 1 is 1.25 bits per heavy atom. The predicted octanol–water partition coefficient (Wildman–Crippen LogP) is 2.29. The molecule has 90 valence electrons. The van der Waals surface area contributed by atoms with E-state index in [-0.39, 0.29) is 6.10 Å². The summed E-state index contributed by atoms with van der Waals surface area (Å²) in [6.07, 6.45) is 0.975. The van der Waals surface area contributed by atoms with Gasteiger partial charge >= 0.3 is 0 Å². The summed E-state index contributed by atoms with van der Waals surface area (Å²) in [4.78, 5) is 0. The van der Waals surface area contributed by atoms with Crippen molar-refractivity contribution in [3.63, 3.8) is 0 Å². The van der Waals surface area contributed by atoms with E-state index in [1.807, 2.05) is 32.9 Å². The van der Waals surface area contributed by atoms with Crippen molar-refractivity contribution in [3.05, 3.63) is 23.3 Å². The fourth-order valence-corrected chi connectivity index (χ4v) is 1.64. The highest BCUT2D eigenvalue weighted by Crippen LogP contribution is 2.29. The van der Waals surface area contributed by atoms with Crippen LogP contribution in [0.25, 0.3) is 0 Å². The van der Waals surface area contributed by atoms with E-state index in [2.05, 4.69) is 0 Å². The van der Waals surface area contributed by atoms with Crippen LogP contribution in [0, 0.1) is 6.92 Å². The average molecular weight is 223 g/mol. The van der Waals surface area contributed by atoms with Crippen LogP contribution in [0.1, 0.15) is 25.0 Å². The van der Waals surface area contributed by atoms with Gasteiger partial charge in [-0.25, -0.2) is 0 Å². The smallest absolute Gasteiger partial charge is 0.123 e. The number of methoxy groups -OCH3 is 1. The number of ether oxygens (including phenoxy) is 2. The first-order valence-electron chi connectivity index (χ1n) is 5.62.